The molecular weight excluding hydrogens is 220 g/mol. The van der Waals surface area contributed by atoms with Crippen LogP contribution in [0.1, 0.15) is 19.3 Å². The van der Waals surface area contributed by atoms with Gasteiger partial charge in [-0.05, 0) is 6.42 Å². The second-order valence-corrected chi connectivity index (χ2v) is 4.80. The van der Waals surface area contributed by atoms with E-state index in [1.54, 1.807) is 7.11 Å². The number of hydrogen-bond donors (Lipinski definition) is 0. The minimum absolute atomic E-state index is 0.147. The molecule has 17 heavy (non-hydrogen) atoms. The summed E-state index contributed by atoms with van der Waals surface area (Å²) >= 11 is 0. The predicted molar refractivity (Wildman–Crippen MR) is 62.7 cm³/mol. The van der Waals surface area contributed by atoms with Crippen molar-refractivity contribution in [1.82, 2.24) is 9.80 Å². The summed E-state index contributed by atoms with van der Waals surface area (Å²) in [5, 5.41) is 0. The highest BCUT2D eigenvalue weighted by atomic mass is 16.5. The molecule has 0 spiro atoms. The molecule has 0 aromatic heterocycles. The zero-order valence-electron chi connectivity index (χ0n) is 10.4. The summed E-state index contributed by atoms with van der Waals surface area (Å²) in [6, 6.07) is 0. The van der Waals surface area contributed by atoms with Crippen LogP contribution in [0.5, 0.6) is 0 Å². The summed E-state index contributed by atoms with van der Waals surface area (Å²) in [5.74, 6) is 0.420. The molecule has 0 radical (unpaired) electrons. The summed E-state index contributed by atoms with van der Waals surface area (Å²) in [4.78, 5) is 27.0. The Labute approximate surface area is 102 Å². The number of rotatable bonds is 3. The fraction of sp³-hybridized carbons (Fsp3) is 0.833. The van der Waals surface area contributed by atoms with Crippen LogP contribution in [0.15, 0.2) is 0 Å². The number of carbonyl (C=O) groups excluding carboxylic acids is 2. The second kappa shape index (κ2) is 5.60. The van der Waals surface area contributed by atoms with Crippen LogP contribution in [0.4, 0.5) is 0 Å². The minimum atomic E-state index is 0.147. The lowest BCUT2D eigenvalue weighted by atomic mass is 10.1. The first-order valence-corrected chi connectivity index (χ1v) is 6.23. The van der Waals surface area contributed by atoms with E-state index < -0.39 is 0 Å². The average molecular weight is 240 g/mol. The molecule has 0 bridgehead atoms. The summed E-state index contributed by atoms with van der Waals surface area (Å²) in [5.41, 5.74) is 0. The molecule has 0 aliphatic carbocycles. The quantitative estimate of drug-likeness (QED) is 0.691. The molecule has 0 aromatic rings. The van der Waals surface area contributed by atoms with Gasteiger partial charge >= 0.3 is 0 Å². The third kappa shape index (κ3) is 3.26. The van der Waals surface area contributed by atoms with Gasteiger partial charge in [0, 0.05) is 46.1 Å². The second-order valence-electron chi connectivity index (χ2n) is 4.80. The Morgan fingerprint density at radius 1 is 1.35 bits per heavy atom. The average Bonchev–Trinajstić information content (AvgIpc) is 2.77. The van der Waals surface area contributed by atoms with Crippen LogP contribution >= 0.6 is 0 Å². The Bertz CT molecular complexity index is 296. The van der Waals surface area contributed by atoms with Crippen LogP contribution in [0, 0.1) is 0 Å². The fourth-order valence-corrected chi connectivity index (χ4v) is 2.43. The first-order chi connectivity index (χ1) is 8.19. The van der Waals surface area contributed by atoms with Gasteiger partial charge in [0.1, 0.15) is 5.78 Å². The van der Waals surface area contributed by atoms with Gasteiger partial charge in [0.2, 0.25) is 5.91 Å². The number of ketones is 1. The predicted octanol–water partition coefficient (Wildman–Crippen LogP) is -0.101. The van der Waals surface area contributed by atoms with Gasteiger partial charge in [0.05, 0.1) is 12.6 Å². The van der Waals surface area contributed by atoms with Gasteiger partial charge in [-0.2, -0.15) is 0 Å². The lowest BCUT2D eigenvalue weighted by molar-refractivity contribution is -0.135. The van der Waals surface area contributed by atoms with Crippen LogP contribution < -0.4 is 0 Å². The molecule has 2 aliphatic heterocycles. The van der Waals surface area contributed by atoms with Crippen molar-refractivity contribution in [2.75, 3.05) is 39.8 Å². The summed E-state index contributed by atoms with van der Waals surface area (Å²) in [6.07, 6.45) is 2.31. The van der Waals surface area contributed by atoms with E-state index in [0.29, 0.717) is 32.5 Å². The smallest absolute Gasteiger partial charge is 0.236 e. The van der Waals surface area contributed by atoms with Crippen LogP contribution in [0.2, 0.25) is 0 Å². The highest BCUT2D eigenvalue weighted by Crippen LogP contribution is 2.13. The Balaban J connectivity index is 1.75. The number of methoxy groups -OCH3 is 1. The Morgan fingerprint density at radius 3 is 2.65 bits per heavy atom. The van der Waals surface area contributed by atoms with Crippen molar-refractivity contribution in [3.05, 3.63) is 0 Å². The molecule has 96 valence electrons. The first-order valence-electron chi connectivity index (χ1n) is 6.23. The number of piperidine rings is 1. The van der Waals surface area contributed by atoms with Crippen molar-refractivity contribution in [3.63, 3.8) is 0 Å². The van der Waals surface area contributed by atoms with Gasteiger partial charge in [-0.25, -0.2) is 0 Å². The molecule has 2 heterocycles. The number of likely N-dealkylation sites (tertiary alicyclic amines) is 2. The number of Topliss-reactive ketones (excluding diaryl/α,β-unsaturated/α-hetero) is 1. The van der Waals surface area contributed by atoms with Crippen LogP contribution in [0.25, 0.3) is 0 Å². The first kappa shape index (κ1) is 12.5. The molecule has 2 saturated heterocycles. The maximum absolute atomic E-state index is 12.0. The molecule has 0 saturated carbocycles. The molecule has 5 nitrogen and oxygen atoms in total. The lowest BCUT2D eigenvalue weighted by Gasteiger charge is -2.28. The molecule has 0 aromatic carbocycles. The van der Waals surface area contributed by atoms with E-state index in [1.165, 1.54) is 0 Å². The van der Waals surface area contributed by atoms with E-state index in [9.17, 15) is 9.59 Å². The molecule has 0 N–H and O–H groups in total. The summed E-state index contributed by atoms with van der Waals surface area (Å²) < 4.78 is 5.27. The van der Waals surface area contributed by atoms with Crippen LogP contribution in [-0.2, 0) is 14.3 Å². The van der Waals surface area contributed by atoms with E-state index in [2.05, 4.69) is 4.90 Å². The van der Waals surface area contributed by atoms with E-state index >= 15 is 0 Å². The third-order valence-corrected chi connectivity index (χ3v) is 3.60. The third-order valence-electron chi connectivity index (χ3n) is 3.60. The van der Waals surface area contributed by atoms with Gasteiger partial charge in [-0.1, -0.05) is 0 Å². The highest BCUT2D eigenvalue weighted by Gasteiger charge is 2.27. The Morgan fingerprint density at radius 2 is 2.06 bits per heavy atom. The minimum Gasteiger partial charge on any atom is -0.380 e. The van der Waals surface area contributed by atoms with Crippen molar-refractivity contribution in [1.29, 1.82) is 0 Å². The Kier molecular flexibility index (Phi) is 4.12. The molecule has 2 fully saturated rings. The standard InChI is InChI=1S/C12H20N2O3/c1-17-11-4-5-13(8-11)9-12(16)14-6-2-10(15)3-7-14/h11H,2-9H2,1H3. The highest BCUT2D eigenvalue weighted by molar-refractivity contribution is 5.84. The van der Waals surface area contributed by atoms with E-state index in [1.807, 2.05) is 4.90 Å². The summed E-state index contributed by atoms with van der Waals surface area (Å²) in [7, 11) is 1.71. The van der Waals surface area contributed by atoms with E-state index in [4.69, 9.17) is 4.74 Å². The number of amides is 1. The molecule has 1 atom stereocenters. The van der Waals surface area contributed by atoms with Gasteiger partial charge in [0.15, 0.2) is 0 Å². The lowest BCUT2D eigenvalue weighted by Crippen LogP contribution is -2.44. The number of ether oxygens (including phenoxy) is 1. The molecule has 1 amide bonds. The monoisotopic (exact) mass is 240 g/mol. The molecule has 2 rings (SSSR count). The fourth-order valence-electron chi connectivity index (χ4n) is 2.43. The molecule has 1 unspecified atom stereocenters. The normalized spacial score (nSPS) is 26.5. The summed E-state index contributed by atoms with van der Waals surface area (Å²) in [6.45, 7) is 3.43. The largest absolute Gasteiger partial charge is 0.380 e. The van der Waals surface area contributed by atoms with Gasteiger partial charge in [0.25, 0.3) is 0 Å². The maximum atomic E-state index is 12.0. The molecule has 5 heteroatoms. The van der Waals surface area contributed by atoms with Crippen LogP contribution in [0.3, 0.4) is 0 Å². The SMILES string of the molecule is COC1CCN(CC(=O)N2CCC(=O)CC2)C1. The van der Waals surface area contributed by atoms with E-state index in [0.717, 1.165) is 19.5 Å². The van der Waals surface area contributed by atoms with Gasteiger partial charge in [-0.3, -0.25) is 14.5 Å². The van der Waals surface area contributed by atoms with Crippen LogP contribution in [-0.4, -0.2) is 67.4 Å². The number of nitrogens with zero attached hydrogens (tertiary/aromatic N) is 2. The molecule has 2 aliphatic rings. The van der Waals surface area contributed by atoms with Crippen molar-refractivity contribution in [2.24, 2.45) is 0 Å². The Hall–Kier alpha value is -0.940. The van der Waals surface area contributed by atoms with Crippen molar-refractivity contribution >= 4 is 11.7 Å². The van der Waals surface area contributed by atoms with Crippen molar-refractivity contribution in [3.8, 4) is 0 Å². The zero-order chi connectivity index (χ0) is 12.3. The van der Waals surface area contributed by atoms with E-state index in [-0.39, 0.29) is 17.8 Å². The number of carbonyl (C=O) groups is 2. The zero-order valence-corrected chi connectivity index (χ0v) is 10.4. The van der Waals surface area contributed by atoms with Gasteiger partial charge in [-0.15, -0.1) is 0 Å². The van der Waals surface area contributed by atoms with Crippen molar-refractivity contribution in [2.45, 2.75) is 25.4 Å². The topological polar surface area (TPSA) is 49.9 Å². The maximum Gasteiger partial charge on any atom is 0.236 e. The molecular formula is C12H20N2O3. The van der Waals surface area contributed by atoms with Gasteiger partial charge < -0.3 is 9.64 Å². The van der Waals surface area contributed by atoms with Crippen molar-refractivity contribution < 1.29 is 14.3 Å². The number of hydrogen-bond acceptors (Lipinski definition) is 4.